The average Bonchev–Trinajstić information content (AvgIpc) is 2.78. The summed E-state index contributed by atoms with van der Waals surface area (Å²) >= 11 is 0. The van der Waals surface area contributed by atoms with Gasteiger partial charge in [0.05, 0.1) is 5.56 Å². The summed E-state index contributed by atoms with van der Waals surface area (Å²) in [5.74, 6) is -6.63. The molecule has 3 aromatic carbocycles. The average molecular weight is 468 g/mol. The van der Waals surface area contributed by atoms with Crippen LogP contribution >= 0.6 is 0 Å². The summed E-state index contributed by atoms with van der Waals surface area (Å²) in [5, 5.41) is 0. The van der Waals surface area contributed by atoms with Crippen LogP contribution in [0, 0.1) is 5.82 Å². The minimum atomic E-state index is -5.80. The summed E-state index contributed by atoms with van der Waals surface area (Å²) in [6.45, 7) is 2.13. The first-order valence-electron chi connectivity index (χ1n) is 10.6. The Kier molecular flexibility index (Phi) is 7.50. The third-order valence-corrected chi connectivity index (χ3v) is 5.49. The normalized spacial score (nSPS) is 13.2. The van der Waals surface area contributed by atoms with Crippen LogP contribution in [0.1, 0.15) is 35.6 Å². The van der Waals surface area contributed by atoms with Crippen molar-refractivity contribution < 1.29 is 30.7 Å². The molecule has 1 atom stereocenters. The van der Waals surface area contributed by atoms with Crippen LogP contribution in [0.2, 0.25) is 0 Å². The van der Waals surface area contributed by atoms with E-state index in [0.29, 0.717) is 17.7 Å². The van der Waals surface area contributed by atoms with Gasteiger partial charge in [0.15, 0.2) is 0 Å². The van der Waals surface area contributed by atoms with E-state index >= 15 is 0 Å². The Labute approximate surface area is 188 Å². The Morgan fingerprint density at radius 3 is 1.58 bits per heavy atom. The van der Waals surface area contributed by atoms with Crippen molar-refractivity contribution in [3.05, 3.63) is 94.8 Å². The van der Waals surface area contributed by atoms with Gasteiger partial charge in [0.2, 0.25) is 0 Å². The lowest BCUT2D eigenvalue weighted by molar-refractivity contribution is -0.248. The third-order valence-electron chi connectivity index (χ3n) is 5.49. The fourth-order valence-corrected chi connectivity index (χ4v) is 3.62. The van der Waals surface area contributed by atoms with E-state index in [1.165, 1.54) is 11.1 Å². The molecule has 0 saturated carbocycles. The first-order valence-corrected chi connectivity index (χ1v) is 10.6. The second-order valence-electron chi connectivity index (χ2n) is 7.99. The summed E-state index contributed by atoms with van der Waals surface area (Å²) in [7, 11) is 0. The fourth-order valence-electron chi connectivity index (χ4n) is 3.62. The van der Waals surface area contributed by atoms with Crippen LogP contribution < -0.4 is 0 Å². The fraction of sp³-hybridized carbons (Fsp3) is 0.308. The van der Waals surface area contributed by atoms with E-state index in [-0.39, 0.29) is 5.56 Å². The Balaban J connectivity index is 1.70. The predicted molar refractivity (Wildman–Crippen MR) is 115 cm³/mol. The minimum Gasteiger partial charge on any atom is -0.230 e. The molecule has 1 unspecified atom stereocenters. The number of aryl methyl sites for hydroxylation is 3. The van der Waals surface area contributed by atoms with Crippen molar-refractivity contribution in [3.63, 3.8) is 0 Å². The van der Waals surface area contributed by atoms with Crippen LogP contribution in [-0.4, -0.2) is 12.3 Å². The van der Waals surface area contributed by atoms with Crippen LogP contribution in [0.3, 0.4) is 0 Å². The van der Waals surface area contributed by atoms with Crippen molar-refractivity contribution in [1.82, 2.24) is 0 Å². The monoisotopic (exact) mass is 468 g/mol. The molecular weight excluding hydrogens is 445 g/mol. The number of halogens is 7. The van der Waals surface area contributed by atoms with Gasteiger partial charge in [0.25, 0.3) is 6.17 Å². The molecule has 0 bridgehead atoms. The van der Waals surface area contributed by atoms with Crippen molar-refractivity contribution in [3.8, 4) is 11.1 Å². The van der Waals surface area contributed by atoms with Gasteiger partial charge in [0, 0.05) is 0 Å². The molecule has 0 nitrogen and oxygen atoms in total. The summed E-state index contributed by atoms with van der Waals surface area (Å²) in [4.78, 5) is 0. The number of alkyl halides is 6. The predicted octanol–water partition coefficient (Wildman–Crippen LogP) is 8.22. The van der Waals surface area contributed by atoms with Gasteiger partial charge in [-0.25, -0.2) is 8.78 Å². The lowest BCUT2D eigenvalue weighted by Crippen LogP contribution is -2.40. The molecule has 0 aliphatic rings. The lowest BCUT2D eigenvalue weighted by Gasteiger charge is -2.23. The highest BCUT2D eigenvalue weighted by Crippen LogP contribution is 2.43. The van der Waals surface area contributed by atoms with Crippen molar-refractivity contribution in [1.29, 1.82) is 0 Å². The maximum atomic E-state index is 14.2. The van der Waals surface area contributed by atoms with Crippen molar-refractivity contribution in [2.24, 2.45) is 0 Å². The van der Waals surface area contributed by atoms with E-state index in [9.17, 15) is 30.7 Å². The summed E-state index contributed by atoms with van der Waals surface area (Å²) in [6.07, 6.45) is -6.58. The van der Waals surface area contributed by atoms with Crippen LogP contribution in [0.25, 0.3) is 11.1 Å². The zero-order valence-electron chi connectivity index (χ0n) is 17.9. The number of hydrogen-bond acceptors (Lipinski definition) is 0. The highest BCUT2D eigenvalue weighted by molar-refractivity contribution is 5.64. The third kappa shape index (κ3) is 5.95. The van der Waals surface area contributed by atoms with Crippen molar-refractivity contribution in [2.45, 2.75) is 50.9 Å². The largest absolute Gasteiger partial charge is 0.426 e. The number of rotatable bonds is 8. The maximum absolute atomic E-state index is 14.2. The SMILES string of the molecule is CCCc1ccc(CCc2ccc(-c3ccc(C(F)(F)C(F)C(F)(F)F)c(F)c3)cc2)cc1. The Hall–Kier alpha value is -2.83. The van der Waals surface area contributed by atoms with E-state index in [0.717, 1.165) is 37.3 Å². The second kappa shape index (κ2) is 9.98. The zero-order chi connectivity index (χ0) is 24.2. The molecule has 0 amide bonds. The first kappa shape index (κ1) is 24.8. The van der Waals surface area contributed by atoms with E-state index < -0.39 is 29.7 Å². The van der Waals surface area contributed by atoms with Gasteiger partial charge in [-0.1, -0.05) is 67.9 Å². The zero-order valence-corrected chi connectivity index (χ0v) is 17.9. The van der Waals surface area contributed by atoms with Crippen molar-refractivity contribution in [2.75, 3.05) is 0 Å². The molecular formula is C26H23F7. The topological polar surface area (TPSA) is 0 Å². The molecule has 176 valence electrons. The highest BCUT2D eigenvalue weighted by Gasteiger charge is 2.58. The highest BCUT2D eigenvalue weighted by atomic mass is 19.4. The van der Waals surface area contributed by atoms with E-state index in [4.69, 9.17) is 0 Å². The molecule has 0 aromatic heterocycles. The van der Waals surface area contributed by atoms with Crippen LogP contribution in [0.5, 0.6) is 0 Å². The molecule has 0 aliphatic carbocycles. The maximum Gasteiger partial charge on any atom is 0.426 e. The summed E-state index contributed by atoms with van der Waals surface area (Å²) in [5.41, 5.74) is 2.59. The molecule has 3 rings (SSSR count). The van der Waals surface area contributed by atoms with Gasteiger partial charge in [0.1, 0.15) is 5.82 Å². The van der Waals surface area contributed by atoms with Crippen LogP contribution in [0.15, 0.2) is 66.7 Å². The molecule has 0 aliphatic heterocycles. The molecule has 0 N–H and O–H groups in total. The number of hydrogen-bond donors (Lipinski definition) is 0. The quantitative estimate of drug-likeness (QED) is 0.292. The second-order valence-corrected chi connectivity index (χ2v) is 7.99. The van der Waals surface area contributed by atoms with Gasteiger partial charge < -0.3 is 0 Å². The van der Waals surface area contributed by atoms with Crippen molar-refractivity contribution >= 4 is 0 Å². The molecule has 33 heavy (non-hydrogen) atoms. The molecule has 0 saturated heterocycles. The van der Waals surface area contributed by atoms with E-state index in [1.807, 2.05) is 12.1 Å². The van der Waals surface area contributed by atoms with E-state index in [2.05, 4.69) is 31.2 Å². The van der Waals surface area contributed by atoms with Gasteiger partial charge in [-0.05, 0) is 59.2 Å². The Morgan fingerprint density at radius 1 is 0.667 bits per heavy atom. The molecule has 0 radical (unpaired) electrons. The molecule has 0 spiro atoms. The lowest BCUT2D eigenvalue weighted by atomic mass is 9.96. The summed E-state index contributed by atoms with van der Waals surface area (Å²) in [6, 6.07) is 17.7. The van der Waals surface area contributed by atoms with Gasteiger partial charge >= 0.3 is 12.1 Å². The van der Waals surface area contributed by atoms with Gasteiger partial charge in [-0.15, -0.1) is 0 Å². The summed E-state index contributed by atoms with van der Waals surface area (Å²) < 4.78 is 92.3. The standard InChI is InChI=1S/C26H23F7/c1-2-3-17-4-6-18(7-5-17)8-9-19-10-12-20(13-11-19)21-14-15-22(23(27)16-21)25(29,30)24(28)26(31,32)33/h4-7,10-16,24H,2-3,8-9H2,1H3. The molecule has 0 fully saturated rings. The molecule has 0 heterocycles. The van der Waals surface area contributed by atoms with Crippen LogP contribution in [-0.2, 0) is 25.2 Å². The van der Waals surface area contributed by atoms with E-state index in [1.54, 1.807) is 12.1 Å². The smallest absolute Gasteiger partial charge is 0.230 e. The Bertz CT molecular complexity index is 1050. The van der Waals surface area contributed by atoms with Gasteiger partial charge in [-0.2, -0.15) is 22.0 Å². The first-order chi connectivity index (χ1) is 15.5. The van der Waals surface area contributed by atoms with Crippen LogP contribution in [0.4, 0.5) is 30.7 Å². The van der Waals surface area contributed by atoms with Gasteiger partial charge in [-0.3, -0.25) is 0 Å². The number of benzene rings is 3. The minimum absolute atomic E-state index is 0.201. The Morgan fingerprint density at radius 2 is 1.12 bits per heavy atom. The molecule has 7 heteroatoms. The molecule has 3 aromatic rings.